The monoisotopic (exact) mass is 141 g/mol. The zero-order valence-corrected chi connectivity index (χ0v) is 6.26. The number of esters is 1. The number of nitrogens with zero attached hydrogens (tertiary/aromatic N) is 1. The molecule has 0 spiro atoms. The van der Waals surface area contributed by atoms with Crippen molar-refractivity contribution in [1.82, 2.24) is 0 Å². The lowest BCUT2D eigenvalue weighted by atomic mass is 10.3. The third-order valence-electron chi connectivity index (χ3n) is 0.898. The molecular weight excluding hydrogens is 130 g/mol. The molecule has 0 aliphatic heterocycles. The molecule has 0 radical (unpaired) electrons. The Balaban J connectivity index is 4.00. The lowest BCUT2D eigenvalue weighted by Gasteiger charge is -2.17. The van der Waals surface area contributed by atoms with Gasteiger partial charge < -0.3 is 4.74 Å². The smallest absolute Gasteiger partial charge is 0.332 e. The molecule has 3 nitrogen and oxygen atoms in total. The van der Waals surface area contributed by atoms with Crippen LogP contribution in [0, 0.1) is 0 Å². The van der Waals surface area contributed by atoms with Gasteiger partial charge in [0.25, 0.3) is 0 Å². The molecule has 0 saturated heterocycles. The van der Waals surface area contributed by atoms with Gasteiger partial charge in [0.1, 0.15) is 0 Å². The van der Waals surface area contributed by atoms with E-state index >= 15 is 0 Å². The summed E-state index contributed by atoms with van der Waals surface area (Å²) in [6.07, 6.45) is 1.09. The van der Waals surface area contributed by atoms with Crippen LogP contribution >= 0.6 is 0 Å². The minimum atomic E-state index is -0.842. The molecule has 10 heavy (non-hydrogen) atoms. The van der Waals surface area contributed by atoms with Crippen molar-refractivity contribution in [3.8, 4) is 0 Å². The molecule has 0 aromatic rings. The Morgan fingerprint density at radius 1 is 1.70 bits per heavy atom. The van der Waals surface area contributed by atoms with E-state index in [1.807, 2.05) is 0 Å². The fourth-order valence-corrected chi connectivity index (χ4v) is 0.320. The molecule has 0 unspecified atom stereocenters. The molecule has 0 saturated carbocycles. The lowest BCUT2D eigenvalue weighted by Crippen LogP contribution is -2.23. The molecule has 0 rings (SSSR count). The van der Waals surface area contributed by atoms with Crippen LogP contribution in [0.15, 0.2) is 17.6 Å². The minimum absolute atomic E-state index is 0.489. The first kappa shape index (κ1) is 8.88. The normalized spacial score (nSPS) is 10.2. The second kappa shape index (κ2) is 3.15. The molecule has 0 N–H and O–H groups in total. The summed E-state index contributed by atoms with van der Waals surface area (Å²) in [5, 5.41) is 0. The SMILES string of the molecule is C=CC(=O)OC(C)(C)N=C. The number of carbonyl (C=O) groups excluding carboxylic acids is 1. The molecule has 0 aliphatic rings. The van der Waals surface area contributed by atoms with Crippen molar-refractivity contribution in [2.75, 3.05) is 0 Å². The van der Waals surface area contributed by atoms with Crippen molar-refractivity contribution in [1.29, 1.82) is 0 Å². The molecule has 0 aliphatic carbocycles. The van der Waals surface area contributed by atoms with Crippen molar-refractivity contribution in [3.05, 3.63) is 12.7 Å². The van der Waals surface area contributed by atoms with Crippen LogP contribution in [0.4, 0.5) is 0 Å². The highest BCUT2D eigenvalue weighted by Gasteiger charge is 2.17. The van der Waals surface area contributed by atoms with Crippen LogP contribution in [0.25, 0.3) is 0 Å². The average Bonchev–Trinajstić information content (AvgIpc) is 1.87. The van der Waals surface area contributed by atoms with Gasteiger partial charge in [-0.05, 0) is 20.6 Å². The Bertz CT molecular complexity index is 161. The zero-order chi connectivity index (χ0) is 8.20. The van der Waals surface area contributed by atoms with Crippen molar-refractivity contribution < 1.29 is 9.53 Å². The van der Waals surface area contributed by atoms with Gasteiger partial charge in [0.2, 0.25) is 0 Å². The molecule has 0 fully saturated rings. The van der Waals surface area contributed by atoms with E-state index in [9.17, 15) is 4.79 Å². The summed E-state index contributed by atoms with van der Waals surface area (Å²) in [4.78, 5) is 14.1. The molecule has 0 heterocycles. The molecular formula is C7H11NO2. The first-order valence-electron chi connectivity index (χ1n) is 2.85. The summed E-state index contributed by atoms with van der Waals surface area (Å²) in [6.45, 7) is 9.78. The first-order valence-corrected chi connectivity index (χ1v) is 2.85. The maximum atomic E-state index is 10.6. The average molecular weight is 141 g/mol. The molecule has 0 aromatic carbocycles. The molecule has 0 aromatic heterocycles. The van der Waals surface area contributed by atoms with Gasteiger partial charge in [-0.25, -0.2) is 4.79 Å². The van der Waals surface area contributed by atoms with Crippen LogP contribution in [-0.2, 0) is 9.53 Å². The van der Waals surface area contributed by atoms with Gasteiger partial charge in [-0.15, -0.1) is 0 Å². The summed E-state index contributed by atoms with van der Waals surface area (Å²) >= 11 is 0. The van der Waals surface area contributed by atoms with E-state index in [1.165, 1.54) is 0 Å². The fourth-order valence-electron chi connectivity index (χ4n) is 0.320. The van der Waals surface area contributed by atoms with Gasteiger partial charge in [-0.3, -0.25) is 4.99 Å². The topological polar surface area (TPSA) is 38.7 Å². The Morgan fingerprint density at radius 3 is 2.50 bits per heavy atom. The number of hydrogen-bond acceptors (Lipinski definition) is 3. The number of rotatable bonds is 3. The van der Waals surface area contributed by atoms with Crippen LogP contribution in [-0.4, -0.2) is 18.4 Å². The second-order valence-corrected chi connectivity index (χ2v) is 2.23. The summed E-state index contributed by atoms with van der Waals surface area (Å²) < 4.78 is 4.75. The molecule has 0 bridgehead atoms. The van der Waals surface area contributed by atoms with Gasteiger partial charge in [-0.2, -0.15) is 0 Å². The number of carbonyl (C=O) groups is 1. The predicted octanol–water partition coefficient (Wildman–Crippen LogP) is 1.15. The molecule has 0 amide bonds. The van der Waals surface area contributed by atoms with Gasteiger partial charge in [0.15, 0.2) is 5.72 Å². The third-order valence-corrected chi connectivity index (χ3v) is 0.898. The van der Waals surface area contributed by atoms with Crippen LogP contribution in [0.5, 0.6) is 0 Å². The van der Waals surface area contributed by atoms with Gasteiger partial charge in [0.05, 0.1) is 0 Å². The van der Waals surface area contributed by atoms with E-state index in [2.05, 4.69) is 18.3 Å². The van der Waals surface area contributed by atoms with E-state index in [1.54, 1.807) is 13.8 Å². The Morgan fingerprint density at radius 2 is 2.20 bits per heavy atom. The van der Waals surface area contributed by atoms with Crippen LogP contribution < -0.4 is 0 Å². The number of ether oxygens (including phenoxy) is 1. The van der Waals surface area contributed by atoms with E-state index in [4.69, 9.17) is 4.74 Å². The summed E-state index contributed by atoms with van der Waals surface area (Å²) in [6, 6.07) is 0. The maximum Gasteiger partial charge on any atom is 0.332 e. The predicted molar refractivity (Wildman–Crippen MR) is 39.9 cm³/mol. The van der Waals surface area contributed by atoms with Gasteiger partial charge >= 0.3 is 5.97 Å². The van der Waals surface area contributed by atoms with E-state index < -0.39 is 11.7 Å². The van der Waals surface area contributed by atoms with E-state index in [0.717, 1.165) is 6.08 Å². The quantitative estimate of drug-likeness (QED) is 0.336. The maximum absolute atomic E-state index is 10.6. The Kier molecular flexibility index (Phi) is 2.80. The lowest BCUT2D eigenvalue weighted by molar-refractivity contribution is -0.149. The highest BCUT2D eigenvalue weighted by atomic mass is 16.6. The summed E-state index contributed by atoms with van der Waals surface area (Å²) in [5.74, 6) is -0.489. The van der Waals surface area contributed by atoms with Crippen LogP contribution in [0.2, 0.25) is 0 Å². The van der Waals surface area contributed by atoms with E-state index in [-0.39, 0.29) is 0 Å². The standard InChI is InChI=1S/C7H11NO2/c1-5-6(9)10-7(2,3)8-4/h5H,1,4H2,2-3H3. The largest absolute Gasteiger partial charge is 0.435 e. The van der Waals surface area contributed by atoms with Crippen molar-refractivity contribution in [3.63, 3.8) is 0 Å². The molecule has 3 heteroatoms. The first-order chi connectivity index (χ1) is 4.52. The second-order valence-electron chi connectivity index (χ2n) is 2.23. The van der Waals surface area contributed by atoms with Gasteiger partial charge in [-0.1, -0.05) is 6.58 Å². The Labute approximate surface area is 60.4 Å². The summed E-state index contributed by atoms with van der Waals surface area (Å²) in [7, 11) is 0. The minimum Gasteiger partial charge on any atom is -0.435 e. The zero-order valence-electron chi connectivity index (χ0n) is 6.26. The number of hydrogen-bond donors (Lipinski definition) is 0. The number of aliphatic imine (C=N–C) groups is 1. The fraction of sp³-hybridized carbons (Fsp3) is 0.429. The van der Waals surface area contributed by atoms with Crippen molar-refractivity contribution in [2.45, 2.75) is 19.6 Å². The van der Waals surface area contributed by atoms with Crippen molar-refractivity contribution >= 4 is 12.7 Å². The van der Waals surface area contributed by atoms with Crippen LogP contribution in [0.3, 0.4) is 0 Å². The summed E-state index contributed by atoms with van der Waals surface area (Å²) in [5.41, 5.74) is -0.842. The van der Waals surface area contributed by atoms with Gasteiger partial charge in [0, 0.05) is 6.08 Å². The molecule has 0 atom stereocenters. The molecule has 56 valence electrons. The van der Waals surface area contributed by atoms with E-state index in [0.29, 0.717) is 0 Å². The highest BCUT2D eigenvalue weighted by Crippen LogP contribution is 2.09. The third kappa shape index (κ3) is 3.02. The van der Waals surface area contributed by atoms with Crippen LogP contribution in [0.1, 0.15) is 13.8 Å². The highest BCUT2D eigenvalue weighted by molar-refractivity contribution is 5.81. The Hall–Kier alpha value is -1.12. The van der Waals surface area contributed by atoms with Crippen molar-refractivity contribution in [2.24, 2.45) is 4.99 Å².